The smallest absolute Gasteiger partial charge is 0.145 e. The van der Waals surface area contributed by atoms with Crippen LogP contribution in [-0.4, -0.2) is 14.5 Å². The number of rotatable bonds is 6. The van der Waals surface area contributed by atoms with Gasteiger partial charge in [-0.3, -0.25) is 9.55 Å². The average Bonchev–Trinajstić information content (AvgIpc) is 3.11. The van der Waals surface area contributed by atoms with Gasteiger partial charge in [-0.25, -0.2) is 4.98 Å². The number of nitrogens with zero attached hydrogens (tertiary/aromatic N) is 3. The molecule has 1 aliphatic carbocycles. The maximum absolute atomic E-state index is 4.83. The zero-order valence-corrected chi connectivity index (χ0v) is 24.2. The Balaban J connectivity index is 1.56. The quantitative estimate of drug-likeness (QED) is 0.203. The van der Waals surface area contributed by atoms with Crippen LogP contribution in [0.2, 0.25) is 0 Å². The molecule has 41 heavy (non-hydrogen) atoms. The Bertz CT molecular complexity index is 1750. The fourth-order valence-corrected chi connectivity index (χ4v) is 6.29. The molecule has 2 aromatic carbocycles. The first-order chi connectivity index (χ1) is 20.1. The Morgan fingerprint density at radius 1 is 0.902 bits per heavy atom. The largest absolute Gasteiger partial charge is 0.298 e. The fourth-order valence-electron chi connectivity index (χ4n) is 6.29. The van der Waals surface area contributed by atoms with E-state index in [1.54, 1.807) is 0 Å². The van der Waals surface area contributed by atoms with E-state index < -0.39 is 0 Å². The van der Waals surface area contributed by atoms with Gasteiger partial charge in [-0.1, -0.05) is 73.2 Å². The predicted octanol–water partition coefficient (Wildman–Crippen LogP) is 9.55. The lowest BCUT2D eigenvalue weighted by Gasteiger charge is -2.22. The van der Waals surface area contributed by atoms with Crippen LogP contribution < -0.4 is 0 Å². The summed E-state index contributed by atoms with van der Waals surface area (Å²) in [6, 6.07) is 29.9. The third-order valence-corrected chi connectivity index (χ3v) is 8.28. The first kappa shape index (κ1) is 26.7. The highest BCUT2D eigenvalue weighted by atomic mass is 15.0. The summed E-state index contributed by atoms with van der Waals surface area (Å²) in [4.78, 5) is 9.49. The van der Waals surface area contributed by atoms with E-state index >= 15 is 0 Å². The number of para-hydroxylation sites is 1. The number of fused-ring (bicyclic) bond motifs is 1. The second-order valence-corrected chi connectivity index (χ2v) is 11.0. The Morgan fingerprint density at radius 2 is 1.68 bits per heavy atom. The number of benzene rings is 2. The maximum atomic E-state index is 4.83. The lowest BCUT2D eigenvalue weighted by Crippen LogP contribution is -2.05. The lowest BCUT2D eigenvalue weighted by atomic mass is 9.83. The van der Waals surface area contributed by atoms with E-state index in [4.69, 9.17) is 4.98 Å². The van der Waals surface area contributed by atoms with Crippen LogP contribution in [0.4, 0.5) is 0 Å². The highest BCUT2D eigenvalue weighted by Gasteiger charge is 2.21. The standard InChI is InChI=1S/C38H37N3/c1-27-15-6-4-9-20-33(27)37(34-21-11-10-16-30(34)26-31-17-12-13-23-39-31)28(2)25-36-29(3)41(32-18-7-5-8-19-32)38-35(36)22-14-24-40-38/h5-8,10-19,21-25,27H,4,9,20,26H2,1-3H3/b28-25+,37-33-. The molecule has 0 spiro atoms. The Kier molecular flexibility index (Phi) is 7.78. The van der Waals surface area contributed by atoms with Crippen molar-refractivity contribution in [2.45, 2.75) is 46.5 Å². The summed E-state index contributed by atoms with van der Waals surface area (Å²) in [6.45, 7) is 6.86. The van der Waals surface area contributed by atoms with Gasteiger partial charge in [0, 0.05) is 46.8 Å². The van der Waals surface area contributed by atoms with Crippen molar-refractivity contribution in [2.24, 2.45) is 5.92 Å². The molecule has 3 nitrogen and oxygen atoms in total. The van der Waals surface area contributed by atoms with Gasteiger partial charge in [0.15, 0.2) is 0 Å². The van der Waals surface area contributed by atoms with E-state index in [1.165, 1.54) is 50.9 Å². The van der Waals surface area contributed by atoms with E-state index in [2.05, 4.69) is 121 Å². The molecule has 0 saturated carbocycles. The van der Waals surface area contributed by atoms with E-state index in [1.807, 2.05) is 24.5 Å². The molecular weight excluding hydrogens is 498 g/mol. The van der Waals surface area contributed by atoms with Crippen molar-refractivity contribution in [1.29, 1.82) is 0 Å². The van der Waals surface area contributed by atoms with Gasteiger partial charge >= 0.3 is 0 Å². The molecule has 5 aromatic rings. The molecule has 0 bridgehead atoms. The van der Waals surface area contributed by atoms with Crippen molar-refractivity contribution in [3.8, 4) is 5.69 Å². The molecule has 0 aliphatic heterocycles. The van der Waals surface area contributed by atoms with Crippen molar-refractivity contribution >= 4 is 22.7 Å². The van der Waals surface area contributed by atoms with Crippen LogP contribution in [0.1, 0.15) is 61.2 Å². The maximum Gasteiger partial charge on any atom is 0.145 e. The zero-order valence-electron chi connectivity index (χ0n) is 24.2. The van der Waals surface area contributed by atoms with Crippen molar-refractivity contribution < 1.29 is 0 Å². The van der Waals surface area contributed by atoms with Crippen LogP contribution in [0, 0.1) is 12.8 Å². The number of hydrogen-bond donors (Lipinski definition) is 0. The molecule has 1 atom stereocenters. The van der Waals surface area contributed by atoms with Gasteiger partial charge < -0.3 is 0 Å². The molecule has 3 heterocycles. The van der Waals surface area contributed by atoms with E-state index in [-0.39, 0.29) is 0 Å². The molecule has 1 unspecified atom stereocenters. The minimum absolute atomic E-state index is 0.382. The third-order valence-electron chi connectivity index (χ3n) is 8.28. The van der Waals surface area contributed by atoms with Gasteiger partial charge in [0.1, 0.15) is 5.65 Å². The monoisotopic (exact) mass is 535 g/mol. The third kappa shape index (κ3) is 5.45. The van der Waals surface area contributed by atoms with Gasteiger partial charge in [-0.05, 0) is 104 Å². The van der Waals surface area contributed by atoms with E-state index in [9.17, 15) is 0 Å². The number of allylic oxidation sites excluding steroid dienone is 5. The Hall–Kier alpha value is -4.50. The van der Waals surface area contributed by atoms with Crippen molar-refractivity contribution in [2.75, 3.05) is 0 Å². The van der Waals surface area contributed by atoms with Crippen LogP contribution in [0.3, 0.4) is 0 Å². The van der Waals surface area contributed by atoms with Gasteiger partial charge in [0.2, 0.25) is 0 Å². The summed E-state index contributed by atoms with van der Waals surface area (Å²) in [5.74, 6) is 0.382. The molecule has 0 saturated heterocycles. The minimum Gasteiger partial charge on any atom is -0.298 e. The first-order valence-corrected chi connectivity index (χ1v) is 14.7. The topological polar surface area (TPSA) is 30.7 Å². The molecule has 0 N–H and O–H groups in total. The summed E-state index contributed by atoms with van der Waals surface area (Å²) >= 11 is 0. The second-order valence-electron chi connectivity index (χ2n) is 11.0. The predicted molar refractivity (Wildman–Crippen MR) is 172 cm³/mol. The van der Waals surface area contributed by atoms with Crippen LogP contribution in [0.25, 0.3) is 28.4 Å². The molecule has 6 rings (SSSR count). The summed E-state index contributed by atoms with van der Waals surface area (Å²) in [5.41, 5.74) is 12.4. The van der Waals surface area contributed by atoms with Gasteiger partial charge in [0.25, 0.3) is 0 Å². The van der Waals surface area contributed by atoms with Crippen LogP contribution in [-0.2, 0) is 6.42 Å². The summed E-state index contributed by atoms with van der Waals surface area (Å²) < 4.78 is 2.29. The van der Waals surface area contributed by atoms with Gasteiger partial charge in [0.05, 0.1) is 0 Å². The molecule has 0 fully saturated rings. The van der Waals surface area contributed by atoms with Gasteiger partial charge in [-0.15, -0.1) is 0 Å². The van der Waals surface area contributed by atoms with E-state index in [0.29, 0.717) is 5.92 Å². The molecule has 0 amide bonds. The number of hydrogen-bond acceptors (Lipinski definition) is 2. The fraction of sp³-hybridized carbons (Fsp3) is 0.211. The minimum atomic E-state index is 0.382. The summed E-state index contributed by atoms with van der Waals surface area (Å²) in [7, 11) is 0. The molecule has 0 radical (unpaired) electrons. The molecule has 204 valence electrons. The number of pyridine rings is 2. The van der Waals surface area contributed by atoms with Crippen molar-refractivity contribution in [3.63, 3.8) is 0 Å². The lowest BCUT2D eigenvalue weighted by molar-refractivity contribution is 0.767. The normalized spacial score (nSPS) is 17.0. The zero-order chi connectivity index (χ0) is 28.2. The van der Waals surface area contributed by atoms with Crippen LogP contribution in [0.5, 0.6) is 0 Å². The molecule has 3 aromatic heterocycles. The van der Waals surface area contributed by atoms with Crippen molar-refractivity contribution in [3.05, 3.63) is 149 Å². The second kappa shape index (κ2) is 11.9. The van der Waals surface area contributed by atoms with Gasteiger partial charge in [-0.2, -0.15) is 0 Å². The average molecular weight is 536 g/mol. The Morgan fingerprint density at radius 3 is 2.51 bits per heavy atom. The first-order valence-electron chi connectivity index (χ1n) is 14.7. The SMILES string of the molecule is CC(=C\c1c(C)n(-c2ccccc2)c2ncccc12)/C(=C1\CCCC=CC1C)c1ccccc1Cc1ccccn1. The molecular formula is C38H37N3. The Labute approximate surface area is 243 Å². The van der Waals surface area contributed by atoms with Crippen LogP contribution in [0.15, 0.2) is 121 Å². The van der Waals surface area contributed by atoms with E-state index in [0.717, 1.165) is 36.3 Å². The highest BCUT2D eigenvalue weighted by molar-refractivity contribution is 5.95. The molecule has 1 aliphatic rings. The van der Waals surface area contributed by atoms with Crippen molar-refractivity contribution in [1.82, 2.24) is 14.5 Å². The summed E-state index contributed by atoms with van der Waals surface area (Å²) in [6.07, 6.45) is 15.1. The summed E-state index contributed by atoms with van der Waals surface area (Å²) in [5, 5.41) is 1.17. The molecule has 3 heteroatoms. The van der Waals surface area contributed by atoms with Crippen LogP contribution >= 0.6 is 0 Å². The number of aromatic nitrogens is 3. The highest BCUT2D eigenvalue weighted by Crippen LogP contribution is 2.39.